The van der Waals surface area contributed by atoms with Gasteiger partial charge in [0.25, 0.3) is 0 Å². The van der Waals surface area contributed by atoms with E-state index < -0.39 is 46.4 Å². The van der Waals surface area contributed by atoms with Crippen LogP contribution in [0.2, 0.25) is 0 Å². The van der Waals surface area contributed by atoms with E-state index in [0.717, 1.165) is 18.2 Å². The summed E-state index contributed by atoms with van der Waals surface area (Å²) in [6, 6.07) is 4.82. The van der Waals surface area contributed by atoms with Crippen LogP contribution in [0.3, 0.4) is 0 Å². The molecule has 0 unspecified atom stereocenters. The average Bonchev–Trinajstić information content (AvgIpc) is 3.10. The number of rotatable bonds is 5. The molecule has 0 atom stereocenters. The Balaban J connectivity index is 1.50. The zero-order valence-corrected chi connectivity index (χ0v) is 16.9. The average molecular weight is 471 g/mol. The van der Waals surface area contributed by atoms with Crippen molar-refractivity contribution in [3.63, 3.8) is 0 Å². The second-order valence-electron chi connectivity index (χ2n) is 7.23. The van der Waals surface area contributed by atoms with Gasteiger partial charge in [-0.3, -0.25) is 4.57 Å². The van der Waals surface area contributed by atoms with Gasteiger partial charge in [-0.15, -0.1) is 0 Å². The molecule has 12 heteroatoms. The smallest absolute Gasteiger partial charge is 0.419 e. The highest BCUT2D eigenvalue weighted by Crippen LogP contribution is 2.35. The van der Waals surface area contributed by atoms with Gasteiger partial charge in [0, 0.05) is 32.3 Å². The van der Waals surface area contributed by atoms with Crippen LogP contribution in [-0.4, -0.2) is 23.1 Å². The van der Waals surface area contributed by atoms with Gasteiger partial charge >= 0.3 is 11.9 Å². The van der Waals surface area contributed by atoms with Crippen molar-refractivity contribution in [2.75, 3.05) is 18.5 Å². The van der Waals surface area contributed by atoms with Crippen molar-refractivity contribution in [1.82, 2.24) is 9.55 Å². The number of aromatic nitrogens is 2. The molecule has 3 aromatic rings. The monoisotopic (exact) mass is 471 g/mol. The Morgan fingerprint density at radius 2 is 1.70 bits per heavy atom. The van der Waals surface area contributed by atoms with Crippen molar-refractivity contribution in [2.24, 2.45) is 0 Å². The number of ether oxygens (including phenoxy) is 2. The van der Waals surface area contributed by atoms with Gasteiger partial charge in [-0.1, -0.05) is 0 Å². The number of halogens is 6. The van der Waals surface area contributed by atoms with E-state index in [1.807, 2.05) is 4.90 Å². The van der Waals surface area contributed by atoms with Gasteiger partial charge in [0.15, 0.2) is 17.4 Å². The Labute approximate surface area is 182 Å². The fourth-order valence-electron chi connectivity index (χ4n) is 3.30. The van der Waals surface area contributed by atoms with E-state index in [4.69, 9.17) is 9.47 Å². The first-order valence-electron chi connectivity index (χ1n) is 9.51. The molecule has 174 valence electrons. The summed E-state index contributed by atoms with van der Waals surface area (Å²) in [7, 11) is 1.79. The van der Waals surface area contributed by atoms with Gasteiger partial charge in [0.2, 0.25) is 5.88 Å². The standard InChI is InChI=1S/C21H15F6N3O3/c1-29-4-5-30-18(29)9-17(28-20(30)31)32-10-11-6-15(23)19(16(24)7-11)33-12-2-3-13(14(22)8-12)21(25,26)27/h2-3,6-9H,4-5,10H2,1H3. The van der Waals surface area contributed by atoms with Gasteiger partial charge < -0.3 is 14.4 Å². The van der Waals surface area contributed by atoms with Crippen molar-refractivity contribution in [2.45, 2.75) is 19.3 Å². The van der Waals surface area contributed by atoms with Crippen LogP contribution in [0.4, 0.5) is 32.2 Å². The molecule has 0 amide bonds. The molecule has 0 spiro atoms. The highest BCUT2D eigenvalue weighted by molar-refractivity contribution is 5.44. The van der Waals surface area contributed by atoms with Crippen LogP contribution >= 0.6 is 0 Å². The molecule has 1 aromatic heterocycles. The van der Waals surface area contributed by atoms with Gasteiger partial charge in [0.05, 0.1) is 5.56 Å². The predicted octanol–water partition coefficient (Wildman–Crippen LogP) is 4.50. The summed E-state index contributed by atoms with van der Waals surface area (Å²) in [4.78, 5) is 17.6. The van der Waals surface area contributed by atoms with Gasteiger partial charge in [0.1, 0.15) is 24.0 Å². The van der Waals surface area contributed by atoms with Crippen molar-refractivity contribution in [3.8, 4) is 17.4 Å². The maximum absolute atomic E-state index is 14.4. The molecule has 0 N–H and O–H groups in total. The minimum atomic E-state index is -4.92. The first-order chi connectivity index (χ1) is 15.5. The van der Waals surface area contributed by atoms with Crippen LogP contribution in [-0.2, 0) is 19.3 Å². The van der Waals surface area contributed by atoms with E-state index in [2.05, 4.69) is 4.98 Å². The molecule has 33 heavy (non-hydrogen) atoms. The van der Waals surface area contributed by atoms with E-state index >= 15 is 0 Å². The van der Waals surface area contributed by atoms with Crippen LogP contribution in [0.1, 0.15) is 11.1 Å². The van der Waals surface area contributed by atoms with Crippen LogP contribution in [0, 0.1) is 17.5 Å². The third kappa shape index (κ3) is 4.59. The molecule has 0 bridgehead atoms. The first kappa shape index (κ1) is 22.5. The number of benzene rings is 2. The third-order valence-corrected chi connectivity index (χ3v) is 4.93. The van der Waals surface area contributed by atoms with E-state index in [9.17, 15) is 31.1 Å². The van der Waals surface area contributed by atoms with E-state index in [-0.39, 0.29) is 18.1 Å². The number of hydrogen-bond acceptors (Lipinski definition) is 5. The molecule has 0 fully saturated rings. The number of anilines is 1. The fraction of sp³-hybridized carbons (Fsp3) is 0.238. The molecule has 2 aromatic carbocycles. The molecular formula is C21H15F6N3O3. The summed E-state index contributed by atoms with van der Waals surface area (Å²) in [5.41, 5.74) is -2.02. The summed E-state index contributed by atoms with van der Waals surface area (Å²) in [5, 5.41) is 0. The van der Waals surface area contributed by atoms with E-state index in [1.165, 1.54) is 10.6 Å². The molecule has 0 saturated heterocycles. The minimum Gasteiger partial charge on any atom is -0.473 e. The number of fused-ring (bicyclic) bond motifs is 1. The Morgan fingerprint density at radius 1 is 1.00 bits per heavy atom. The molecule has 6 nitrogen and oxygen atoms in total. The quantitative estimate of drug-likeness (QED) is 0.513. The van der Waals surface area contributed by atoms with E-state index in [1.54, 1.807) is 7.05 Å². The molecule has 0 saturated carbocycles. The number of likely N-dealkylation sites (N-methyl/N-ethyl adjacent to an activating group) is 1. The Morgan fingerprint density at radius 3 is 2.33 bits per heavy atom. The summed E-state index contributed by atoms with van der Waals surface area (Å²) < 4.78 is 92.2. The van der Waals surface area contributed by atoms with Crippen molar-refractivity contribution in [3.05, 3.63) is 75.5 Å². The topological polar surface area (TPSA) is 56.6 Å². The Hall–Kier alpha value is -3.70. The van der Waals surface area contributed by atoms with Crippen molar-refractivity contribution in [1.29, 1.82) is 0 Å². The second kappa shape index (κ2) is 8.34. The lowest BCUT2D eigenvalue weighted by atomic mass is 10.2. The summed E-state index contributed by atoms with van der Waals surface area (Å²) in [5.74, 6) is -4.89. The lowest BCUT2D eigenvalue weighted by Gasteiger charge is -2.13. The Kier molecular flexibility index (Phi) is 5.68. The van der Waals surface area contributed by atoms with Crippen LogP contribution in [0.5, 0.6) is 17.4 Å². The van der Waals surface area contributed by atoms with Crippen molar-refractivity contribution < 1.29 is 35.8 Å². The van der Waals surface area contributed by atoms with Gasteiger partial charge in [-0.2, -0.15) is 18.2 Å². The molecule has 1 aliphatic rings. The third-order valence-electron chi connectivity index (χ3n) is 4.93. The SMILES string of the molecule is CN1CCn2c1cc(OCc1cc(F)c(Oc3ccc(C(F)(F)F)c(F)c3)c(F)c1)nc2=O. The maximum Gasteiger partial charge on any atom is 0.419 e. The highest BCUT2D eigenvalue weighted by atomic mass is 19.4. The number of nitrogens with zero attached hydrogens (tertiary/aromatic N) is 3. The van der Waals surface area contributed by atoms with Gasteiger partial charge in [-0.05, 0) is 29.8 Å². The number of hydrogen-bond donors (Lipinski definition) is 0. The molecular weight excluding hydrogens is 456 g/mol. The van der Waals surface area contributed by atoms with Crippen LogP contribution < -0.4 is 20.1 Å². The minimum absolute atomic E-state index is 0.0265. The highest BCUT2D eigenvalue weighted by Gasteiger charge is 2.34. The lowest BCUT2D eigenvalue weighted by Crippen LogP contribution is -2.22. The van der Waals surface area contributed by atoms with Crippen LogP contribution in [0.25, 0.3) is 0 Å². The fourth-order valence-corrected chi connectivity index (χ4v) is 3.30. The molecule has 4 rings (SSSR count). The Bertz CT molecular complexity index is 1250. The maximum atomic E-state index is 14.4. The zero-order chi connectivity index (χ0) is 23.9. The summed E-state index contributed by atoms with van der Waals surface area (Å²) >= 11 is 0. The van der Waals surface area contributed by atoms with Crippen LogP contribution in [0.15, 0.2) is 41.2 Å². The normalized spacial score (nSPS) is 13.2. The number of alkyl halides is 3. The van der Waals surface area contributed by atoms with E-state index in [0.29, 0.717) is 31.0 Å². The molecule has 0 aliphatic carbocycles. The molecule has 2 heterocycles. The first-order valence-corrected chi connectivity index (χ1v) is 9.51. The molecule has 0 radical (unpaired) electrons. The summed E-state index contributed by atoms with van der Waals surface area (Å²) in [6.45, 7) is 0.780. The zero-order valence-electron chi connectivity index (χ0n) is 16.9. The summed E-state index contributed by atoms with van der Waals surface area (Å²) in [6.07, 6.45) is -4.92. The van der Waals surface area contributed by atoms with Gasteiger partial charge in [-0.25, -0.2) is 18.0 Å². The second-order valence-corrected chi connectivity index (χ2v) is 7.23. The molecule has 1 aliphatic heterocycles. The largest absolute Gasteiger partial charge is 0.473 e. The lowest BCUT2D eigenvalue weighted by molar-refractivity contribution is -0.140. The predicted molar refractivity (Wildman–Crippen MR) is 104 cm³/mol. The van der Waals surface area contributed by atoms with Crippen molar-refractivity contribution >= 4 is 5.82 Å².